The Labute approximate surface area is 201 Å². The molecular weight excluding hydrogens is 484 g/mol. The molecule has 4 aromatic rings. The monoisotopic (exact) mass is 506 g/mol. The number of ether oxygens (including phenoxy) is 1. The summed E-state index contributed by atoms with van der Waals surface area (Å²) in [5.74, 6) is -4.62. The summed E-state index contributed by atoms with van der Waals surface area (Å²) in [6.45, 7) is 1.23. The molecule has 3 aromatic heterocycles. The second-order valence-electron chi connectivity index (χ2n) is 8.69. The molecule has 190 valence electrons. The molecule has 0 spiro atoms. The number of nitrogens with zero attached hydrogens (tertiary/aromatic N) is 7. The summed E-state index contributed by atoms with van der Waals surface area (Å²) in [6, 6.07) is 2.88. The Morgan fingerprint density at radius 3 is 2.81 bits per heavy atom. The number of amides is 1. The van der Waals surface area contributed by atoms with Crippen molar-refractivity contribution in [2.24, 2.45) is 0 Å². The molecule has 1 aromatic carbocycles. The summed E-state index contributed by atoms with van der Waals surface area (Å²) in [5.41, 5.74) is 1.71. The van der Waals surface area contributed by atoms with Crippen LogP contribution in [0.1, 0.15) is 19.9 Å². The molecule has 0 radical (unpaired) electrons. The summed E-state index contributed by atoms with van der Waals surface area (Å²) in [6.07, 6.45) is 1.08. The highest BCUT2D eigenvalue weighted by Crippen LogP contribution is 2.36. The maximum absolute atomic E-state index is 15.2. The average molecular weight is 506 g/mol. The molecule has 1 N–H and O–H groups in total. The first kappa shape index (κ1) is 23.8. The van der Waals surface area contributed by atoms with E-state index in [1.54, 1.807) is 25.1 Å². The lowest BCUT2D eigenvalue weighted by molar-refractivity contribution is -0.129. The SMILES string of the molecule is COc1nc(N[C@@H]2CN(C(C)=O)CC2(F)F)nn2cc(F)c(-c3ccc4nnn([C@H](C)CF)c4c3)c12. The number of rotatable bonds is 6. The number of aromatic nitrogens is 6. The first-order valence-corrected chi connectivity index (χ1v) is 11.1. The number of carbonyl (C=O) groups is 1. The molecule has 0 unspecified atom stereocenters. The Balaban J connectivity index is 1.57. The van der Waals surface area contributed by atoms with E-state index in [2.05, 4.69) is 25.7 Å². The van der Waals surface area contributed by atoms with E-state index in [-0.39, 0.29) is 29.5 Å². The molecule has 14 heteroatoms. The molecule has 1 amide bonds. The smallest absolute Gasteiger partial charge is 0.286 e. The van der Waals surface area contributed by atoms with Crippen LogP contribution in [0.15, 0.2) is 24.4 Å². The van der Waals surface area contributed by atoms with Crippen LogP contribution < -0.4 is 10.1 Å². The van der Waals surface area contributed by atoms with Gasteiger partial charge in [-0.3, -0.25) is 4.79 Å². The maximum Gasteiger partial charge on any atom is 0.286 e. The molecule has 10 nitrogen and oxygen atoms in total. The van der Waals surface area contributed by atoms with Gasteiger partial charge in [0.25, 0.3) is 5.92 Å². The van der Waals surface area contributed by atoms with E-state index < -0.39 is 42.9 Å². The normalized spacial score (nSPS) is 18.2. The molecule has 1 aliphatic rings. The maximum atomic E-state index is 15.2. The molecule has 0 bridgehead atoms. The van der Waals surface area contributed by atoms with Crippen LogP contribution in [-0.4, -0.2) is 79.2 Å². The van der Waals surface area contributed by atoms with Crippen molar-refractivity contribution in [3.05, 3.63) is 30.2 Å². The van der Waals surface area contributed by atoms with E-state index in [9.17, 15) is 18.0 Å². The molecule has 1 fully saturated rings. The second kappa shape index (κ2) is 8.60. The highest BCUT2D eigenvalue weighted by Gasteiger charge is 2.49. The van der Waals surface area contributed by atoms with E-state index in [1.807, 2.05) is 0 Å². The van der Waals surface area contributed by atoms with E-state index in [4.69, 9.17) is 4.74 Å². The Kier molecular flexibility index (Phi) is 5.68. The third kappa shape index (κ3) is 3.85. The van der Waals surface area contributed by atoms with Crippen molar-refractivity contribution in [3.8, 4) is 17.0 Å². The first-order valence-electron chi connectivity index (χ1n) is 11.1. The molecule has 2 atom stereocenters. The number of nitrogens with one attached hydrogen (secondary N) is 1. The summed E-state index contributed by atoms with van der Waals surface area (Å²) in [7, 11) is 1.31. The van der Waals surface area contributed by atoms with Crippen LogP contribution in [0.5, 0.6) is 5.88 Å². The van der Waals surface area contributed by atoms with Crippen LogP contribution in [0.2, 0.25) is 0 Å². The minimum Gasteiger partial charge on any atom is -0.479 e. The minimum atomic E-state index is -3.21. The zero-order chi connectivity index (χ0) is 25.8. The van der Waals surface area contributed by atoms with Crippen molar-refractivity contribution in [1.29, 1.82) is 0 Å². The fraction of sp³-hybridized carbons (Fsp3) is 0.409. The van der Waals surface area contributed by atoms with E-state index >= 15 is 4.39 Å². The fourth-order valence-electron chi connectivity index (χ4n) is 4.31. The van der Waals surface area contributed by atoms with Gasteiger partial charge in [-0.15, -0.1) is 10.2 Å². The molecule has 1 aliphatic heterocycles. The topological polar surface area (TPSA) is 102 Å². The molecule has 0 saturated carbocycles. The number of anilines is 1. The zero-order valence-electron chi connectivity index (χ0n) is 19.5. The lowest BCUT2D eigenvalue weighted by Crippen LogP contribution is -2.38. The summed E-state index contributed by atoms with van der Waals surface area (Å²) < 4.78 is 65.3. The van der Waals surface area contributed by atoms with Crippen LogP contribution in [0.4, 0.5) is 23.5 Å². The molecule has 0 aliphatic carbocycles. The van der Waals surface area contributed by atoms with Crippen LogP contribution in [0.3, 0.4) is 0 Å². The lowest BCUT2D eigenvalue weighted by Gasteiger charge is -2.19. The minimum absolute atomic E-state index is 0.0556. The summed E-state index contributed by atoms with van der Waals surface area (Å²) >= 11 is 0. The molecule has 4 heterocycles. The van der Waals surface area contributed by atoms with Gasteiger partial charge < -0.3 is 15.0 Å². The first-order chi connectivity index (χ1) is 17.1. The van der Waals surface area contributed by atoms with Gasteiger partial charge in [-0.1, -0.05) is 11.3 Å². The van der Waals surface area contributed by atoms with Crippen molar-refractivity contribution in [2.45, 2.75) is 31.9 Å². The van der Waals surface area contributed by atoms with E-state index in [0.717, 1.165) is 15.6 Å². The zero-order valence-corrected chi connectivity index (χ0v) is 19.5. The molecule has 1 saturated heterocycles. The molecule has 36 heavy (non-hydrogen) atoms. The van der Waals surface area contributed by atoms with Crippen molar-refractivity contribution < 1.29 is 27.1 Å². The quantitative estimate of drug-likeness (QED) is 0.401. The van der Waals surface area contributed by atoms with Crippen LogP contribution in [0.25, 0.3) is 27.7 Å². The predicted molar refractivity (Wildman–Crippen MR) is 121 cm³/mol. The van der Waals surface area contributed by atoms with Crippen molar-refractivity contribution in [1.82, 2.24) is 34.5 Å². The molecule has 5 rings (SSSR count). The van der Waals surface area contributed by atoms with Gasteiger partial charge in [0, 0.05) is 13.5 Å². The number of hydrogen-bond donors (Lipinski definition) is 1. The Morgan fingerprint density at radius 1 is 1.36 bits per heavy atom. The largest absolute Gasteiger partial charge is 0.479 e. The van der Waals surface area contributed by atoms with Gasteiger partial charge >= 0.3 is 0 Å². The number of benzene rings is 1. The van der Waals surface area contributed by atoms with Gasteiger partial charge in [0.2, 0.25) is 17.7 Å². The van der Waals surface area contributed by atoms with Crippen LogP contribution in [-0.2, 0) is 4.79 Å². The Bertz CT molecular complexity index is 1470. The number of hydrogen-bond acceptors (Lipinski definition) is 7. The van der Waals surface area contributed by atoms with Crippen molar-refractivity contribution in [2.75, 3.05) is 32.2 Å². The van der Waals surface area contributed by atoms with Gasteiger partial charge in [0.1, 0.15) is 23.7 Å². The van der Waals surface area contributed by atoms with Crippen molar-refractivity contribution >= 4 is 28.4 Å². The number of fused-ring (bicyclic) bond motifs is 2. The highest BCUT2D eigenvalue weighted by atomic mass is 19.3. The number of likely N-dealkylation sites (tertiary alicyclic amines) is 1. The Morgan fingerprint density at radius 2 is 2.14 bits per heavy atom. The lowest BCUT2D eigenvalue weighted by atomic mass is 10.1. The van der Waals surface area contributed by atoms with Gasteiger partial charge in [0.15, 0.2) is 5.82 Å². The van der Waals surface area contributed by atoms with E-state index in [1.165, 1.54) is 18.7 Å². The predicted octanol–water partition coefficient (Wildman–Crippen LogP) is 3.10. The summed E-state index contributed by atoms with van der Waals surface area (Å²) in [4.78, 5) is 16.8. The van der Waals surface area contributed by atoms with Crippen LogP contribution >= 0.6 is 0 Å². The van der Waals surface area contributed by atoms with Crippen molar-refractivity contribution in [3.63, 3.8) is 0 Å². The van der Waals surface area contributed by atoms with Gasteiger partial charge in [-0.25, -0.2) is 26.8 Å². The second-order valence-corrected chi connectivity index (χ2v) is 8.69. The number of alkyl halides is 3. The number of methoxy groups -OCH3 is 1. The van der Waals surface area contributed by atoms with Gasteiger partial charge in [-0.05, 0) is 24.6 Å². The third-order valence-corrected chi connectivity index (χ3v) is 6.21. The van der Waals surface area contributed by atoms with Gasteiger partial charge in [0.05, 0.1) is 37.0 Å². The van der Waals surface area contributed by atoms with Crippen LogP contribution in [0, 0.1) is 5.82 Å². The number of carbonyl (C=O) groups excluding carboxylic acids is 1. The standard InChI is InChI=1S/C22H22F4N8O2/c1-11(7-23)34-16-6-13(4-5-15(16)29-31-34)18-14(24)8-33-19(18)20(36-3)28-21(30-33)27-17-9-32(12(2)35)10-22(17,25)26/h4-6,8,11,17H,7,9-10H2,1-3H3,(H,27,30)/t11-,17-/m1/s1. The third-order valence-electron chi connectivity index (χ3n) is 6.21. The fourth-order valence-corrected chi connectivity index (χ4v) is 4.31. The average Bonchev–Trinajstić information content (AvgIpc) is 3.50. The number of halogens is 4. The highest BCUT2D eigenvalue weighted by molar-refractivity contribution is 5.89. The van der Waals surface area contributed by atoms with E-state index in [0.29, 0.717) is 16.6 Å². The van der Waals surface area contributed by atoms with Gasteiger partial charge in [-0.2, -0.15) is 4.98 Å². The molecular formula is C22H22F4N8O2. The Hall–Kier alpha value is -3.97. The summed E-state index contributed by atoms with van der Waals surface area (Å²) in [5, 5.41) is 14.7.